The van der Waals surface area contributed by atoms with E-state index < -0.39 is 0 Å². The highest BCUT2D eigenvalue weighted by Crippen LogP contribution is 2.40. The smallest absolute Gasteiger partial charge is 0.231 e. The second-order valence-corrected chi connectivity index (χ2v) is 4.88. The van der Waals surface area contributed by atoms with Crippen LogP contribution in [0.3, 0.4) is 0 Å². The van der Waals surface area contributed by atoms with Crippen LogP contribution >= 0.6 is 0 Å². The number of hydrogen-bond acceptors (Lipinski definition) is 4. The zero-order valence-electron chi connectivity index (χ0n) is 10.7. The summed E-state index contributed by atoms with van der Waals surface area (Å²) < 4.78 is 16.4. The van der Waals surface area contributed by atoms with Crippen molar-refractivity contribution in [3.05, 3.63) is 23.3 Å². The molecule has 4 nitrogen and oxygen atoms in total. The van der Waals surface area contributed by atoms with Crippen LogP contribution in [0.2, 0.25) is 0 Å². The first-order valence-electron chi connectivity index (χ1n) is 6.51. The maximum absolute atomic E-state index is 5.62. The molecule has 1 N–H and O–H groups in total. The van der Waals surface area contributed by atoms with Crippen molar-refractivity contribution in [3.63, 3.8) is 0 Å². The lowest BCUT2D eigenvalue weighted by atomic mass is 10.0. The molecule has 2 aliphatic heterocycles. The number of ether oxygens (including phenoxy) is 3. The van der Waals surface area contributed by atoms with E-state index in [0.29, 0.717) is 19.4 Å². The largest absolute Gasteiger partial charge is 0.453 e. The van der Waals surface area contributed by atoms with Crippen molar-refractivity contribution in [1.82, 2.24) is 5.32 Å². The zero-order valence-corrected chi connectivity index (χ0v) is 10.7. The van der Waals surface area contributed by atoms with Crippen LogP contribution in [-0.4, -0.2) is 26.5 Å². The monoisotopic (exact) mass is 249 g/mol. The van der Waals surface area contributed by atoms with Gasteiger partial charge in [0.05, 0.1) is 6.61 Å². The Hall–Kier alpha value is -1.26. The summed E-state index contributed by atoms with van der Waals surface area (Å²) in [5.74, 6) is 1.78. The van der Waals surface area contributed by atoms with Crippen molar-refractivity contribution in [1.29, 1.82) is 0 Å². The molecule has 0 amide bonds. The lowest BCUT2D eigenvalue weighted by Gasteiger charge is -2.13. The normalized spacial score (nSPS) is 21.5. The van der Waals surface area contributed by atoms with Gasteiger partial charge in [0.1, 0.15) is 0 Å². The molecule has 3 rings (SSSR count). The van der Waals surface area contributed by atoms with Crippen molar-refractivity contribution >= 4 is 0 Å². The van der Waals surface area contributed by atoms with Crippen molar-refractivity contribution in [2.45, 2.75) is 31.9 Å². The Morgan fingerprint density at radius 2 is 2.06 bits per heavy atom. The summed E-state index contributed by atoms with van der Waals surface area (Å²) in [5, 5.41) is 3.51. The molecular weight excluding hydrogens is 230 g/mol. The third-order valence-corrected chi connectivity index (χ3v) is 3.61. The Morgan fingerprint density at radius 3 is 2.78 bits per heavy atom. The Morgan fingerprint density at radius 1 is 1.28 bits per heavy atom. The van der Waals surface area contributed by atoms with E-state index in [0.717, 1.165) is 30.0 Å². The molecule has 98 valence electrons. The molecule has 2 aliphatic rings. The van der Waals surface area contributed by atoms with Crippen molar-refractivity contribution in [2.75, 3.05) is 20.4 Å². The van der Waals surface area contributed by atoms with E-state index in [9.17, 15) is 0 Å². The van der Waals surface area contributed by atoms with E-state index in [1.165, 1.54) is 18.4 Å². The summed E-state index contributed by atoms with van der Waals surface area (Å²) in [6, 6.07) is 4.80. The van der Waals surface area contributed by atoms with Gasteiger partial charge in [-0.15, -0.1) is 0 Å². The Balaban J connectivity index is 1.84. The van der Waals surface area contributed by atoms with Gasteiger partial charge in [-0.2, -0.15) is 0 Å². The molecule has 0 saturated carbocycles. The topological polar surface area (TPSA) is 39.7 Å². The molecule has 0 aromatic heterocycles. The van der Waals surface area contributed by atoms with Gasteiger partial charge in [0.2, 0.25) is 6.79 Å². The van der Waals surface area contributed by atoms with E-state index in [-0.39, 0.29) is 0 Å². The Bertz CT molecular complexity index is 427. The Kier molecular flexibility index (Phi) is 3.39. The van der Waals surface area contributed by atoms with Crippen molar-refractivity contribution < 1.29 is 14.2 Å². The van der Waals surface area contributed by atoms with Gasteiger partial charge in [-0.3, -0.25) is 0 Å². The predicted octanol–water partition coefficient (Wildman–Crippen LogP) is 1.86. The SMILES string of the molecule is COCc1ccc(CC2CCCN2)c2c1OCO2. The fourth-order valence-electron chi connectivity index (χ4n) is 2.73. The quantitative estimate of drug-likeness (QED) is 0.884. The highest BCUT2D eigenvalue weighted by Gasteiger charge is 2.24. The second kappa shape index (κ2) is 5.16. The second-order valence-electron chi connectivity index (χ2n) is 4.88. The summed E-state index contributed by atoms with van der Waals surface area (Å²) in [6.07, 6.45) is 3.53. The average Bonchev–Trinajstić information content (AvgIpc) is 3.03. The molecule has 1 unspecified atom stereocenters. The van der Waals surface area contributed by atoms with E-state index in [1.807, 2.05) is 0 Å². The van der Waals surface area contributed by atoms with Crippen LogP contribution in [0.4, 0.5) is 0 Å². The molecule has 2 heterocycles. The van der Waals surface area contributed by atoms with Gasteiger partial charge < -0.3 is 19.5 Å². The standard InChI is InChI=1S/C14H19NO3/c1-16-8-11-5-4-10(7-12-3-2-6-15-12)13-14(11)18-9-17-13/h4-5,12,15H,2-3,6-9H2,1H3. The van der Waals surface area contributed by atoms with E-state index in [1.54, 1.807) is 7.11 Å². The van der Waals surface area contributed by atoms with Gasteiger partial charge in [-0.1, -0.05) is 12.1 Å². The first-order valence-corrected chi connectivity index (χ1v) is 6.51. The van der Waals surface area contributed by atoms with Gasteiger partial charge in [-0.05, 0) is 31.4 Å². The van der Waals surface area contributed by atoms with Crippen LogP contribution in [0, 0.1) is 0 Å². The first-order chi connectivity index (χ1) is 8.88. The summed E-state index contributed by atoms with van der Waals surface area (Å²) in [4.78, 5) is 0. The summed E-state index contributed by atoms with van der Waals surface area (Å²) in [5.41, 5.74) is 2.30. The number of hydrogen-bond donors (Lipinski definition) is 1. The molecule has 0 bridgehead atoms. The van der Waals surface area contributed by atoms with E-state index in [2.05, 4.69) is 17.4 Å². The molecule has 1 aromatic rings. The average molecular weight is 249 g/mol. The van der Waals surface area contributed by atoms with Gasteiger partial charge in [0.25, 0.3) is 0 Å². The van der Waals surface area contributed by atoms with Gasteiger partial charge >= 0.3 is 0 Å². The lowest BCUT2D eigenvalue weighted by molar-refractivity contribution is 0.162. The molecule has 1 saturated heterocycles. The molecule has 0 radical (unpaired) electrons. The minimum atomic E-state index is 0.321. The van der Waals surface area contributed by atoms with Crippen LogP contribution in [0.5, 0.6) is 11.5 Å². The molecular formula is C14H19NO3. The summed E-state index contributed by atoms with van der Waals surface area (Å²) >= 11 is 0. The maximum atomic E-state index is 5.62. The number of fused-ring (bicyclic) bond motifs is 1. The van der Waals surface area contributed by atoms with Crippen LogP contribution in [0.25, 0.3) is 0 Å². The summed E-state index contributed by atoms with van der Waals surface area (Å²) in [6.45, 7) is 2.01. The van der Waals surface area contributed by atoms with Crippen LogP contribution < -0.4 is 14.8 Å². The minimum Gasteiger partial charge on any atom is -0.453 e. The van der Waals surface area contributed by atoms with Gasteiger partial charge in [-0.25, -0.2) is 0 Å². The molecule has 0 spiro atoms. The number of rotatable bonds is 4. The predicted molar refractivity (Wildman–Crippen MR) is 68.0 cm³/mol. The summed E-state index contributed by atoms with van der Waals surface area (Å²) in [7, 11) is 1.69. The fourth-order valence-corrected chi connectivity index (χ4v) is 2.73. The molecule has 1 fully saturated rings. The highest BCUT2D eigenvalue weighted by atomic mass is 16.7. The highest BCUT2D eigenvalue weighted by molar-refractivity contribution is 5.53. The van der Waals surface area contributed by atoms with Crippen LogP contribution in [0.1, 0.15) is 24.0 Å². The number of nitrogens with one attached hydrogen (secondary N) is 1. The third-order valence-electron chi connectivity index (χ3n) is 3.61. The fraction of sp³-hybridized carbons (Fsp3) is 0.571. The molecule has 1 aromatic carbocycles. The van der Waals surface area contributed by atoms with E-state index in [4.69, 9.17) is 14.2 Å². The number of methoxy groups -OCH3 is 1. The minimum absolute atomic E-state index is 0.321. The molecule has 18 heavy (non-hydrogen) atoms. The van der Waals surface area contributed by atoms with Crippen LogP contribution in [0.15, 0.2) is 12.1 Å². The third kappa shape index (κ3) is 2.18. The number of benzene rings is 1. The first kappa shape index (κ1) is 11.8. The van der Waals surface area contributed by atoms with Gasteiger partial charge in [0, 0.05) is 18.7 Å². The van der Waals surface area contributed by atoms with E-state index >= 15 is 0 Å². The molecule has 4 heteroatoms. The van der Waals surface area contributed by atoms with Gasteiger partial charge in [0.15, 0.2) is 11.5 Å². The molecule has 0 aliphatic carbocycles. The zero-order chi connectivity index (χ0) is 12.4. The molecule has 1 atom stereocenters. The van der Waals surface area contributed by atoms with Crippen molar-refractivity contribution in [2.24, 2.45) is 0 Å². The maximum Gasteiger partial charge on any atom is 0.231 e. The van der Waals surface area contributed by atoms with Crippen molar-refractivity contribution in [3.8, 4) is 11.5 Å². The van der Waals surface area contributed by atoms with Crippen LogP contribution in [-0.2, 0) is 17.8 Å². The Labute approximate surface area is 107 Å². The lowest BCUT2D eigenvalue weighted by Crippen LogP contribution is -2.23.